The van der Waals surface area contributed by atoms with E-state index >= 15 is 4.57 Å². The molecule has 0 amide bonds. The van der Waals surface area contributed by atoms with E-state index in [0.717, 1.165) is 119 Å². The van der Waals surface area contributed by atoms with E-state index < -0.39 is 13.3 Å². The van der Waals surface area contributed by atoms with Gasteiger partial charge in [-0.15, -0.1) is 0 Å². The summed E-state index contributed by atoms with van der Waals surface area (Å²) in [6, 6.07) is 77.4. The Balaban J connectivity index is 0.00000167. The zero-order chi connectivity index (χ0) is 68.4. The molecule has 506 valence electrons. The Morgan fingerprint density at radius 1 is 0.366 bits per heavy atom. The van der Waals surface area contributed by atoms with E-state index in [1.54, 1.807) is 12.1 Å². The van der Waals surface area contributed by atoms with Crippen molar-refractivity contribution < 1.29 is 53.5 Å². The Labute approximate surface area is 608 Å². The van der Waals surface area contributed by atoms with E-state index in [2.05, 4.69) is 200 Å². The predicted octanol–water partition coefficient (Wildman–Crippen LogP) is 15.4. The molecule has 0 bridgehead atoms. The van der Waals surface area contributed by atoms with Gasteiger partial charge in [0.05, 0.1) is 81.7 Å². The van der Waals surface area contributed by atoms with Gasteiger partial charge in [0.25, 0.3) is 13.3 Å². The van der Waals surface area contributed by atoms with E-state index in [-0.39, 0.29) is 45.0 Å². The maximum Gasteiger partial charge on any atom is 0.300 e. The van der Waals surface area contributed by atoms with Crippen LogP contribution < -0.4 is 10.9 Å². The van der Waals surface area contributed by atoms with Crippen LogP contribution in [0.4, 0.5) is 0 Å². The van der Waals surface area contributed by atoms with Gasteiger partial charge in [-0.1, -0.05) is 208 Å². The van der Waals surface area contributed by atoms with Crippen molar-refractivity contribution >= 4 is 92.6 Å². The number of hydrogen-bond acceptors (Lipinski definition) is 10. The summed E-state index contributed by atoms with van der Waals surface area (Å²) in [6.07, 6.45) is 7.41. The Morgan fingerprint density at radius 3 is 0.842 bits per heavy atom. The fourth-order valence-electron chi connectivity index (χ4n) is 12.6. The molecule has 0 aliphatic rings. The molecule has 6 heterocycles. The zero-order valence-corrected chi connectivity index (χ0v) is 59.2. The largest absolute Gasteiger partial charge is 0.481 e. The standard InChI is InChI=1S/C80H71N12O2P.C2H4O2.2Mn/c1-5-57-31-39-61(40-32-57)47-89-71-25-13-9-21-67(71)83-75(89)53-87(54-76-84-68-22-10-14-26-72(68)90(76)48-62-41-33-58(6-2)34-42-62)51-65-19-17-29-79(81-65)95(93,94)80-30-18-20-66(82-80)52-88(55-77-85-69-23-11-15-27-73(69)91(77)49-63-43-35-59(7-3)36-44-63)56-78-86-70-24-12-16-28-74(70)92(78)50-64-45-37-60(8-4)38-46-64;1-2(3)4;;/h5-46H,1-4,47-56H2,(H,93,94);1H3,(H,3,4);;. The first kappa shape index (κ1) is 71.8. The van der Waals surface area contributed by atoms with Gasteiger partial charge >= 0.3 is 0 Å². The topological polar surface area (TPSA) is 178 Å². The first-order valence-corrected chi connectivity index (χ1v) is 34.5. The van der Waals surface area contributed by atoms with Gasteiger partial charge in [-0.25, -0.2) is 29.9 Å². The molecule has 0 atom stereocenters. The van der Waals surface area contributed by atoms with Gasteiger partial charge in [-0.3, -0.25) is 19.2 Å². The molecule has 0 spiro atoms. The number of hydrogen-bond donors (Lipinski definition) is 2. The fraction of sp³-hybridized carbons (Fsp3) is 0.134. The van der Waals surface area contributed by atoms with E-state index in [0.29, 0.717) is 76.8 Å². The van der Waals surface area contributed by atoms with Crippen LogP contribution >= 0.6 is 7.37 Å². The van der Waals surface area contributed by atoms with E-state index in [9.17, 15) is 4.89 Å². The summed E-state index contributed by atoms with van der Waals surface area (Å²) in [6.45, 7) is 21.5. The van der Waals surface area contributed by atoms with E-state index in [4.69, 9.17) is 39.8 Å². The predicted molar refractivity (Wildman–Crippen MR) is 398 cm³/mol. The van der Waals surface area contributed by atoms with Crippen LogP contribution in [-0.2, 0) is 109 Å². The molecule has 0 aliphatic carbocycles. The number of rotatable bonds is 26. The van der Waals surface area contributed by atoms with Crippen molar-refractivity contribution in [2.75, 3.05) is 0 Å². The van der Waals surface area contributed by atoms with Crippen molar-refractivity contribution in [2.45, 2.75) is 72.4 Å². The molecule has 0 unspecified atom stereocenters. The number of para-hydroxylation sites is 8. The number of carboxylic acid groups (broad SMARTS) is 1. The molecule has 8 aromatic carbocycles. The van der Waals surface area contributed by atoms with Gasteiger partial charge in [0.1, 0.15) is 34.2 Å². The number of imidazole rings is 4. The van der Waals surface area contributed by atoms with Crippen LogP contribution in [0.2, 0.25) is 0 Å². The molecule has 0 saturated carbocycles. The minimum atomic E-state index is -4.44. The summed E-state index contributed by atoms with van der Waals surface area (Å²) in [4.78, 5) is 57.5. The maximum atomic E-state index is 15.4. The molecule has 0 fully saturated rings. The van der Waals surface area contributed by atoms with Crippen molar-refractivity contribution in [3.8, 4) is 0 Å². The fourth-order valence-corrected chi connectivity index (χ4v) is 14.0. The van der Waals surface area contributed by atoms with Crippen LogP contribution in [0.25, 0.3) is 68.4 Å². The maximum absolute atomic E-state index is 15.4. The minimum Gasteiger partial charge on any atom is -0.481 e. The van der Waals surface area contributed by atoms with E-state index in [1.807, 2.05) is 97.1 Å². The summed E-state index contributed by atoms with van der Waals surface area (Å²) >= 11 is 0. The first-order chi connectivity index (χ1) is 48.3. The third kappa shape index (κ3) is 16.9. The van der Waals surface area contributed by atoms with Crippen molar-refractivity contribution in [1.82, 2.24) is 58.0 Å². The number of fused-ring (bicyclic) bond motifs is 4. The monoisotopic (exact) mass is 1430 g/mol. The molecule has 2 N–H and O–H groups in total. The molecule has 2 radical (unpaired) electrons. The number of benzene rings is 8. The molecule has 16 nitrogen and oxygen atoms in total. The number of carboxylic acids is 1. The second kappa shape index (κ2) is 32.7. The molecular formula is C82H75Mn2N12O4P. The summed E-state index contributed by atoms with van der Waals surface area (Å²) < 4.78 is 24.5. The molecule has 0 saturated heterocycles. The van der Waals surface area contributed by atoms with Gasteiger partial charge < -0.3 is 28.3 Å². The normalized spacial score (nSPS) is 11.4. The van der Waals surface area contributed by atoms with Crippen LogP contribution in [0.3, 0.4) is 0 Å². The third-order valence-electron chi connectivity index (χ3n) is 17.6. The molecule has 6 aromatic heterocycles. The molecule has 14 rings (SSSR count). The van der Waals surface area contributed by atoms with E-state index in [1.165, 1.54) is 0 Å². The second-order valence-corrected chi connectivity index (χ2v) is 26.6. The summed E-state index contributed by atoms with van der Waals surface area (Å²) in [5, 5.41) is 7.42. The summed E-state index contributed by atoms with van der Waals surface area (Å²) in [5.74, 6) is 2.58. The zero-order valence-electron chi connectivity index (χ0n) is 55.9. The number of aliphatic carboxylic acids is 1. The molecule has 19 heteroatoms. The number of nitrogens with zero attached hydrogens (tertiary/aromatic N) is 12. The van der Waals surface area contributed by atoms with Crippen molar-refractivity contribution in [1.29, 1.82) is 0 Å². The Morgan fingerprint density at radius 2 is 0.604 bits per heavy atom. The second-order valence-electron chi connectivity index (χ2n) is 24.6. The van der Waals surface area contributed by atoms with Crippen LogP contribution in [0.5, 0.6) is 0 Å². The quantitative estimate of drug-likeness (QED) is 0.0388. The number of carbonyl (C=O) groups is 1. The SMILES string of the molecule is C=Cc1ccc(Cn2c(CN(Cc3cccc(P(=O)(O)c4cccc(CN(Cc5nc6ccccc6n5Cc5ccc(C=C)cc5)Cc5nc6ccccc6n5Cc5ccc(C=C)cc5)n4)n3)Cc3nc4ccccc4n3Cc3ccc(C=C)cc3)nc3ccccc32)cc1.CC(=O)O.[Mn].[Mn]. The van der Waals surface area contributed by atoms with Gasteiger partial charge in [-0.2, -0.15) is 0 Å². The van der Waals surface area contributed by atoms with Crippen LogP contribution in [-0.4, -0.2) is 73.9 Å². The van der Waals surface area contributed by atoms with Gasteiger partial charge in [0, 0.05) is 80.3 Å². The van der Waals surface area contributed by atoms with Crippen LogP contribution in [0.15, 0.2) is 257 Å². The van der Waals surface area contributed by atoms with Gasteiger partial charge in [0.15, 0.2) is 0 Å². The molecule has 14 aromatic rings. The van der Waals surface area contributed by atoms with Crippen molar-refractivity contribution in [3.63, 3.8) is 0 Å². The van der Waals surface area contributed by atoms with Crippen molar-refractivity contribution in [3.05, 3.63) is 336 Å². The number of aromatic nitrogens is 10. The first-order valence-electron chi connectivity index (χ1n) is 32.8. The van der Waals surface area contributed by atoms with Gasteiger partial charge in [0.2, 0.25) is 0 Å². The third-order valence-corrected chi connectivity index (χ3v) is 19.3. The summed E-state index contributed by atoms with van der Waals surface area (Å²) in [5.41, 5.74) is 17.6. The van der Waals surface area contributed by atoms with Crippen molar-refractivity contribution in [2.24, 2.45) is 0 Å². The van der Waals surface area contributed by atoms with Crippen LogP contribution in [0, 0.1) is 0 Å². The Hall–Kier alpha value is -10.5. The Bertz CT molecular complexity index is 4720. The average molecular weight is 1430 g/mol. The van der Waals surface area contributed by atoms with Gasteiger partial charge in [-0.05, 0) is 117 Å². The molecule has 101 heavy (non-hydrogen) atoms. The summed E-state index contributed by atoms with van der Waals surface area (Å²) in [7, 11) is -4.44. The number of pyridine rings is 2. The molecular weight excluding hydrogens is 1360 g/mol. The smallest absolute Gasteiger partial charge is 0.300 e. The average Bonchev–Trinajstić information content (AvgIpc) is 1.76. The van der Waals surface area contributed by atoms with Crippen LogP contribution in [0.1, 0.15) is 86.1 Å². The molecule has 0 aliphatic heterocycles. The minimum absolute atomic E-state index is 0. The Kier molecular flexibility index (Phi) is 23.2.